The van der Waals surface area contributed by atoms with Gasteiger partial charge < -0.3 is 4.74 Å². The number of benzene rings is 2. The average molecular weight is 434 g/mol. The second kappa shape index (κ2) is 8.04. The van der Waals surface area contributed by atoms with Crippen LogP contribution in [0.1, 0.15) is 11.3 Å². The molecule has 1 fully saturated rings. The normalized spacial score (nSPS) is 15.4. The molecule has 0 bridgehead atoms. The lowest BCUT2D eigenvalue weighted by Crippen LogP contribution is -2.54. The Labute approximate surface area is 182 Å². The Balaban J connectivity index is 1.76. The summed E-state index contributed by atoms with van der Waals surface area (Å²) in [5.74, 6) is -0.667. The molecule has 0 aliphatic carbocycles. The third kappa shape index (κ3) is 3.66. The van der Waals surface area contributed by atoms with E-state index < -0.39 is 17.4 Å². The molecule has 0 spiro atoms. The molecule has 1 aliphatic rings. The van der Waals surface area contributed by atoms with Crippen molar-refractivity contribution >= 4 is 40.9 Å². The van der Waals surface area contributed by atoms with E-state index in [1.54, 1.807) is 35.9 Å². The van der Waals surface area contributed by atoms with Gasteiger partial charge in [0.05, 0.1) is 29.7 Å². The van der Waals surface area contributed by atoms with Crippen LogP contribution in [0.25, 0.3) is 11.8 Å². The summed E-state index contributed by atoms with van der Waals surface area (Å²) in [5, 5.41) is 5.21. The van der Waals surface area contributed by atoms with Gasteiger partial charge in [0.1, 0.15) is 11.3 Å². The lowest BCUT2D eigenvalue weighted by Gasteiger charge is -2.28. The smallest absolute Gasteiger partial charge is 0.271 e. The van der Waals surface area contributed by atoms with Crippen LogP contribution in [0.15, 0.2) is 65.0 Å². The van der Waals surface area contributed by atoms with Crippen LogP contribution in [0.4, 0.5) is 5.69 Å². The Kier molecular flexibility index (Phi) is 5.26. The van der Waals surface area contributed by atoms with Crippen LogP contribution in [-0.4, -0.2) is 33.8 Å². The number of carbonyl (C=O) groups excluding carboxylic acids is 2. The van der Waals surface area contributed by atoms with Crippen LogP contribution >= 0.6 is 12.2 Å². The van der Waals surface area contributed by atoms with Crippen LogP contribution in [0.2, 0.25) is 0 Å². The molecule has 2 amide bonds. The molecule has 9 heteroatoms. The lowest BCUT2D eigenvalue weighted by atomic mass is 10.1. The largest absolute Gasteiger partial charge is 0.497 e. The molecule has 2 aromatic carbocycles. The summed E-state index contributed by atoms with van der Waals surface area (Å²) in [6, 6.07) is 15.9. The fraction of sp³-hybridized carbons (Fsp3) is 0.0909. The minimum absolute atomic E-state index is 0.0372. The number of aromatic amines is 1. The fourth-order valence-corrected chi connectivity index (χ4v) is 3.58. The van der Waals surface area contributed by atoms with E-state index >= 15 is 0 Å². The van der Waals surface area contributed by atoms with E-state index in [9.17, 15) is 14.4 Å². The third-order valence-electron chi connectivity index (χ3n) is 4.92. The Hall–Kier alpha value is -3.98. The number of nitrogens with one attached hydrogen (secondary N) is 2. The van der Waals surface area contributed by atoms with Gasteiger partial charge in [0, 0.05) is 0 Å². The SMILES string of the molecule is COc1ccc(N2C(=O)/C(=C/c3c(C)n(-c4ccccc4)[nH]c3=O)C(=O)NC2=S)cc1. The number of amides is 2. The Morgan fingerprint density at radius 2 is 1.65 bits per heavy atom. The molecule has 4 rings (SSSR count). The molecule has 0 unspecified atom stereocenters. The highest BCUT2D eigenvalue weighted by Gasteiger charge is 2.35. The summed E-state index contributed by atoms with van der Waals surface area (Å²) < 4.78 is 6.74. The molecule has 1 aliphatic heterocycles. The number of hydrogen-bond donors (Lipinski definition) is 2. The minimum atomic E-state index is -0.661. The van der Waals surface area contributed by atoms with E-state index in [1.165, 1.54) is 18.1 Å². The number of H-pyrrole nitrogens is 1. The van der Waals surface area contributed by atoms with Gasteiger partial charge in [-0.05, 0) is 61.6 Å². The Bertz CT molecular complexity index is 1270. The van der Waals surface area contributed by atoms with E-state index in [0.717, 1.165) is 5.69 Å². The molecule has 2 heterocycles. The highest BCUT2D eigenvalue weighted by molar-refractivity contribution is 7.80. The fourth-order valence-electron chi connectivity index (χ4n) is 3.30. The molecule has 0 atom stereocenters. The van der Waals surface area contributed by atoms with Gasteiger partial charge in [-0.25, -0.2) is 0 Å². The first-order chi connectivity index (χ1) is 14.9. The number of hydrogen-bond acceptors (Lipinski definition) is 5. The van der Waals surface area contributed by atoms with E-state index in [2.05, 4.69) is 10.4 Å². The molecule has 2 N–H and O–H groups in total. The summed E-state index contributed by atoms with van der Waals surface area (Å²) in [6.45, 7) is 1.73. The summed E-state index contributed by atoms with van der Waals surface area (Å²) in [4.78, 5) is 39.5. The van der Waals surface area contributed by atoms with Crippen molar-refractivity contribution in [2.45, 2.75) is 6.92 Å². The van der Waals surface area contributed by atoms with Crippen LogP contribution in [-0.2, 0) is 9.59 Å². The minimum Gasteiger partial charge on any atom is -0.497 e. The Morgan fingerprint density at radius 3 is 2.29 bits per heavy atom. The van der Waals surface area contributed by atoms with Crippen molar-refractivity contribution in [2.75, 3.05) is 12.0 Å². The number of ether oxygens (including phenoxy) is 1. The Morgan fingerprint density at radius 1 is 0.968 bits per heavy atom. The van der Waals surface area contributed by atoms with Crippen molar-refractivity contribution in [3.05, 3.63) is 81.8 Å². The van der Waals surface area contributed by atoms with Crippen molar-refractivity contribution in [3.8, 4) is 11.4 Å². The van der Waals surface area contributed by atoms with Gasteiger partial charge >= 0.3 is 0 Å². The van der Waals surface area contributed by atoms with Gasteiger partial charge in [0.15, 0.2) is 5.11 Å². The molecule has 1 aromatic heterocycles. The molecule has 1 saturated heterocycles. The van der Waals surface area contributed by atoms with Gasteiger partial charge in [0.2, 0.25) is 0 Å². The summed E-state index contributed by atoms with van der Waals surface area (Å²) in [5.41, 5.74) is 1.39. The molecular formula is C22H18N4O4S. The zero-order valence-electron chi connectivity index (χ0n) is 16.7. The van der Waals surface area contributed by atoms with Crippen LogP contribution in [0, 0.1) is 6.92 Å². The third-order valence-corrected chi connectivity index (χ3v) is 5.20. The molecule has 3 aromatic rings. The monoisotopic (exact) mass is 434 g/mol. The van der Waals surface area contributed by atoms with Gasteiger partial charge in [-0.15, -0.1) is 0 Å². The summed E-state index contributed by atoms with van der Waals surface area (Å²) >= 11 is 5.20. The van der Waals surface area contributed by atoms with E-state index in [0.29, 0.717) is 17.1 Å². The van der Waals surface area contributed by atoms with E-state index in [1.807, 2.05) is 30.3 Å². The predicted octanol–water partition coefficient (Wildman–Crippen LogP) is 2.31. The molecule has 156 valence electrons. The molecule has 31 heavy (non-hydrogen) atoms. The number of para-hydroxylation sites is 1. The maximum Gasteiger partial charge on any atom is 0.271 e. The average Bonchev–Trinajstić information content (AvgIpc) is 3.05. The summed E-state index contributed by atoms with van der Waals surface area (Å²) in [7, 11) is 1.54. The second-order valence-corrected chi connectivity index (χ2v) is 7.15. The number of anilines is 1. The highest BCUT2D eigenvalue weighted by Crippen LogP contribution is 2.24. The standard InChI is InChI=1S/C22H18N4O4S/c1-13-17(20(28)24-26(13)15-6-4-3-5-7-15)12-18-19(27)23-22(31)25(21(18)29)14-8-10-16(30-2)11-9-14/h3-12H,1-2H3,(H,24,28)(H,23,27,31)/b18-12+. The number of nitrogens with zero attached hydrogens (tertiary/aromatic N) is 2. The zero-order valence-corrected chi connectivity index (χ0v) is 17.5. The van der Waals surface area contributed by atoms with Gasteiger partial charge in [-0.3, -0.25) is 34.4 Å². The van der Waals surface area contributed by atoms with E-state index in [4.69, 9.17) is 17.0 Å². The number of methoxy groups -OCH3 is 1. The first-order valence-electron chi connectivity index (χ1n) is 9.33. The predicted molar refractivity (Wildman–Crippen MR) is 120 cm³/mol. The van der Waals surface area contributed by atoms with Crippen LogP contribution in [0.5, 0.6) is 5.75 Å². The van der Waals surface area contributed by atoms with Crippen LogP contribution in [0.3, 0.4) is 0 Å². The van der Waals surface area contributed by atoms with Gasteiger partial charge in [-0.2, -0.15) is 0 Å². The summed E-state index contributed by atoms with van der Waals surface area (Å²) in [6.07, 6.45) is 1.30. The molecular weight excluding hydrogens is 416 g/mol. The van der Waals surface area contributed by atoms with Crippen molar-refractivity contribution in [2.24, 2.45) is 0 Å². The zero-order chi connectivity index (χ0) is 22.1. The quantitative estimate of drug-likeness (QED) is 0.373. The number of aromatic nitrogens is 2. The van der Waals surface area contributed by atoms with Crippen molar-refractivity contribution in [1.29, 1.82) is 0 Å². The van der Waals surface area contributed by atoms with Crippen molar-refractivity contribution in [3.63, 3.8) is 0 Å². The number of carbonyl (C=O) groups is 2. The highest BCUT2D eigenvalue weighted by atomic mass is 32.1. The number of rotatable bonds is 4. The molecule has 0 radical (unpaired) electrons. The molecule has 8 nitrogen and oxygen atoms in total. The van der Waals surface area contributed by atoms with E-state index in [-0.39, 0.29) is 16.2 Å². The number of thiocarbonyl (C=S) groups is 1. The molecule has 0 saturated carbocycles. The maximum atomic E-state index is 13.2. The topological polar surface area (TPSA) is 96.4 Å². The van der Waals surface area contributed by atoms with Crippen molar-refractivity contribution < 1.29 is 14.3 Å². The van der Waals surface area contributed by atoms with Gasteiger partial charge in [-0.1, -0.05) is 18.2 Å². The van der Waals surface area contributed by atoms with Gasteiger partial charge in [0.25, 0.3) is 17.4 Å². The first-order valence-corrected chi connectivity index (χ1v) is 9.74. The second-order valence-electron chi connectivity index (χ2n) is 6.77. The van der Waals surface area contributed by atoms with Crippen LogP contribution < -0.4 is 20.5 Å². The maximum absolute atomic E-state index is 13.2. The first kappa shape index (κ1) is 20.3. The van der Waals surface area contributed by atoms with Crippen molar-refractivity contribution in [1.82, 2.24) is 15.1 Å². The lowest BCUT2D eigenvalue weighted by molar-refractivity contribution is -0.122.